The summed E-state index contributed by atoms with van der Waals surface area (Å²) in [6.45, 7) is 8.62. The Morgan fingerprint density at radius 1 is 1.37 bits per heavy atom. The van der Waals surface area contributed by atoms with Crippen molar-refractivity contribution in [2.24, 2.45) is 4.99 Å². The molecule has 2 unspecified atom stereocenters. The predicted molar refractivity (Wildman–Crippen MR) is 119 cm³/mol. The van der Waals surface area contributed by atoms with Crippen molar-refractivity contribution in [2.45, 2.75) is 44.2 Å². The highest BCUT2D eigenvalue weighted by molar-refractivity contribution is 14.0. The number of fused-ring (bicyclic) bond motifs is 1. The zero-order valence-electron chi connectivity index (χ0n) is 16.5. The van der Waals surface area contributed by atoms with Crippen LogP contribution in [0, 0.1) is 5.82 Å². The van der Waals surface area contributed by atoms with Gasteiger partial charge < -0.3 is 15.4 Å². The van der Waals surface area contributed by atoms with Crippen LogP contribution in [0.2, 0.25) is 0 Å². The first-order chi connectivity index (χ1) is 12.5. The number of hydrogen-bond acceptors (Lipinski definition) is 3. The zero-order valence-corrected chi connectivity index (χ0v) is 18.8. The highest BCUT2D eigenvalue weighted by Crippen LogP contribution is 2.23. The van der Waals surface area contributed by atoms with Crippen LogP contribution in [0.5, 0.6) is 0 Å². The summed E-state index contributed by atoms with van der Waals surface area (Å²) in [5, 5.41) is 6.73. The quantitative estimate of drug-likeness (QED) is 0.379. The molecule has 2 atom stereocenters. The smallest absolute Gasteiger partial charge is 0.191 e. The summed E-state index contributed by atoms with van der Waals surface area (Å²) in [6.07, 6.45) is 2.74. The predicted octanol–water partition coefficient (Wildman–Crippen LogP) is 2.75. The molecule has 0 aromatic heterocycles. The van der Waals surface area contributed by atoms with Crippen LogP contribution in [0.4, 0.5) is 4.39 Å². The number of halogens is 2. The Morgan fingerprint density at radius 3 is 2.93 bits per heavy atom. The summed E-state index contributed by atoms with van der Waals surface area (Å²) in [5.74, 6) is 0.550. The maximum atomic E-state index is 13.5. The molecular formula is C20H32FIN4O. The Morgan fingerprint density at radius 2 is 2.19 bits per heavy atom. The molecule has 0 saturated carbocycles. The molecular weight excluding hydrogens is 458 g/mol. The molecule has 2 heterocycles. The number of nitrogens with one attached hydrogen (secondary N) is 2. The molecule has 0 aliphatic carbocycles. The van der Waals surface area contributed by atoms with Crippen LogP contribution in [0.25, 0.3) is 0 Å². The van der Waals surface area contributed by atoms with Crippen LogP contribution in [0.15, 0.2) is 29.3 Å². The van der Waals surface area contributed by atoms with Crippen molar-refractivity contribution in [3.8, 4) is 0 Å². The standard InChI is InChI=1S/C20H31FN4O.HI/c1-20(2,15-6-4-7-16(21)10-15)14-24-19(22-3)23-11-18-12-25-9-5-8-17(25)13-26-18;/h4,6-7,10,17-18H,5,8-9,11-14H2,1-3H3,(H2,22,23,24);1H. The van der Waals surface area contributed by atoms with Gasteiger partial charge in [-0.05, 0) is 37.1 Å². The van der Waals surface area contributed by atoms with Gasteiger partial charge in [0.05, 0.1) is 12.7 Å². The molecule has 152 valence electrons. The molecule has 27 heavy (non-hydrogen) atoms. The fourth-order valence-corrected chi connectivity index (χ4v) is 3.76. The van der Waals surface area contributed by atoms with E-state index in [4.69, 9.17) is 4.74 Å². The van der Waals surface area contributed by atoms with Gasteiger partial charge in [0.25, 0.3) is 0 Å². The van der Waals surface area contributed by atoms with E-state index in [1.165, 1.54) is 25.5 Å². The Hall–Kier alpha value is -0.930. The summed E-state index contributed by atoms with van der Waals surface area (Å²) in [5.41, 5.74) is 0.764. The van der Waals surface area contributed by atoms with Gasteiger partial charge in [-0.1, -0.05) is 26.0 Å². The number of ether oxygens (including phenoxy) is 1. The van der Waals surface area contributed by atoms with E-state index in [1.54, 1.807) is 19.2 Å². The van der Waals surface area contributed by atoms with Gasteiger partial charge in [-0.15, -0.1) is 24.0 Å². The average molecular weight is 490 g/mol. The van der Waals surface area contributed by atoms with Gasteiger partial charge in [-0.3, -0.25) is 9.89 Å². The molecule has 2 saturated heterocycles. The van der Waals surface area contributed by atoms with Gasteiger partial charge in [0.2, 0.25) is 0 Å². The summed E-state index contributed by atoms with van der Waals surface area (Å²) in [4.78, 5) is 6.85. The van der Waals surface area contributed by atoms with Crippen LogP contribution in [0.3, 0.4) is 0 Å². The van der Waals surface area contributed by atoms with Gasteiger partial charge in [-0.25, -0.2) is 4.39 Å². The van der Waals surface area contributed by atoms with Gasteiger partial charge in [-0.2, -0.15) is 0 Å². The Bertz CT molecular complexity index is 640. The van der Waals surface area contributed by atoms with Crippen molar-refractivity contribution in [3.05, 3.63) is 35.6 Å². The van der Waals surface area contributed by atoms with Crippen molar-refractivity contribution >= 4 is 29.9 Å². The van der Waals surface area contributed by atoms with Crippen molar-refractivity contribution in [1.82, 2.24) is 15.5 Å². The lowest BCUT2D eigenvalue weighted by Gasteiger charge is -2.35. The molecule has 0 amide bonds. The Balaban J connectivity index is 0.00000261. The molecule has 2 N–H and O–H groups in total. The summed E-state index contributed by atoms with van der Waals surface area (Å²) < 4.78 is 19.5. The number of rotatable bonds is 5. The van der Waals surface area contributed by atoms with Crippen LogP contribution >= 0.6 is 24.0 Å². The van der Waals surface area contributed by atoms with E-state index in [-0.39, 0.29) is 41.3 Å². The second kappa shape index (κ2) is 10.0. The molecule has 2 fully saturated rings. The Kier molecular flexibility index (Phi) is 8.30. The van der Waals surface area contributed by atoms with Gasteiger partial charge in [0.1, 0.15) is 5.82 Å². The van der Waals surface area contributed by atoms with E-state index < -0.39 is 0 Å². The first-order valence-electron chi connectivity index (χ1n) is 9.54. The summed E-state index contributed by atoms with van der Waals surface area (Å²) in [7, 11) is 1.77. The fraction of sp³-hybridized carbons (Fsp3) is 0.650. The third kappa shape index (κ3) is 6.02. The highest BCUT2D eigenvalue weighted by atomic mass is 127. The first-order valence-corrected chi connectivity index (χ1v) is 9.54. The Labute approximate surface area is 179 Å². The number of morpholine rings is 1. The highest BCUT2D eigenvalue weighted by Gasteiger charge is 2.32. The van der Waals surface area contributed by atoms with Crippen LogP contribution in [-0.2, 0) is 10.2 Å². The van der Waals surface area contributed by atoms with E-state index in [0.29, 0.717) is 12.6 Å². The minimum absolute atomic E-state index is 0. The number of nitrogens with zero attached hydrogens (tertiary/aromatic N) is 2. The number of hydrogen-bond donors (Lipinski definition) is 2. The lowest BCUT2D eigenvalue weighted by atomic mass is 9.84. The fourth-order valence-electron chi connectivity index (χ4n) is 3.76. The lowest BCUT2D eigenvalue weighted by Crippen LogP contribution is -2.52. The molecule has 2 aliphatic heterocycles. The third-order valence-corrected chi connectivity index (χ3v) is 5.49. The topological polar surface area (TPSA) is 48.9 Å². The van der Waals surface area contributed by atoms with Crippen molar-refractivity contribution in [1.29, 1.82) is 0 Å². The second-order valence-electron chi connectivity index (χ2n) is 7.95. The van der Waals surface area contributed by atoms with E-state index in [9.17, 15) is 4.39 Å². The summed E-state index contributed by atoms with van der Waals surface area (Å²) in [6, 6.07) is 7.41. The zero-order chi connectivity index (χ0) is 18.6. The maximum Gasteiger partial charge on any atom is 0.191 e. The lowest BCUT2D eigenvalue weighted by molar-refractivity contribution is -0.0453. The van der Waals surface area contributed by atoms with Crippen LogP contribution < -0.4 is 10.6 Å². The molecule has 1 aromatic carbocycles. The average Bonchev–Trinajstić information content (AvgIpc) is 3.09. The number of guanidine groups is 1. The molecule has 7 heteroatoms. The molecule has 0 bridgehead atoms. The summed E-state index contributed by atoms with van der Waals surface area (Å²) >= 11 is 0. The molecule has 3 rings (SSSR count). The van der Waals surface area contributed by atoms with Crippen molar-refractivity contribution in [2.75, 3.05) is 39.8 Å². The van der Waals surface area contributed by atoms with E-state index in [0.717, 1.165) is 31.2 Å². The molecule has 0 radical (unpaired) electrons. The normalized spacial score (nSPS) is 23.5. The molecule has 0 spiro atoms. The largest absolute Gasteiger partial charge is 0.373 e. The monoisotopic (exact) mass is 490 g/mol. The van der Waals surface area contributed by atoms with E-state index in [2.05, 4.69) is 34.4 Å². The molecule has 5 nitrogen and oxygen atoms in total. The van der Waals surface area contributed by atoms with Gasteiger partial charge in [0, 0.05) is 38.1 Å². The molecule has 2 aliphatic rings. The van der Waals surface area contributed by atoms with Gasteiger partial charge >= 0.3 is 0 Å². The second-order valence-corrected chi connectivity index (χ2v) is 7.95. The van der Waals surface area contributed by atoms with E-state index >= 15 is 0 Å². The van der Waals surface area contributed by atoms with E-state index in [1.807, 2.05) is 6.07 Å². The van der Waals surface area contributed by atoms with Gasteiger partial charge in [0.15, 0.2) is 5.96 Å². The van der Waals surface area contributed by atoms with Crippen LogP contribution in [0.1, 0.15) is 32.3 Å². The van der Waals surface area contributed by atoms with Crippen molar-refractivity contribution in [3.63, 3.8) is 0 Å². The number of benzene rings is 1. The minimum Gasteiger partial charge on any atom is -0.373 e. The molecule has 1 aromatic rings. The minimum atomic E-state index is -0.205. The van der Waals surface area contributed by atoms with Crippen LogP contribution in [-0.4, -0.2) is 62.8 Å². The first kappa shape index (κ1) is 22.4. The number of aliphatic imine (C=N–C) groups is 1. The third-order valence-electron chi connectivity index (χ3n) is 5.49. The van der Waals surface area contributed by atoms with Crippen molar-refractivity contribution < 1.29 is 9.13 Å². The maximum absolute atomic E-state index is 13.5. The SMILES string of the molecule is CN=C(NCC1CN2CCCC2CO1)NCC(C)(C)c1cccc(F)c1.I.